The molecule has 1 saturated carbocycles. The van der Waals surface area contributed by atoms with E-state index in [9.17, 15) is 0 Å². The van der Waals surface area contributed by atoms with Gasteiger partial charge in [0.15, 0.2) is 5.11 Å². The second-order valence-electron chi connectivity index (χ2n) is 5.11. The molecule has 3 unspecified atom stereocenters. The summed E-state index contributed by atoms with van der Waals surface area (Å²) in [6.07, 6.45) is 7.07. The standard InChI is InChI=1S/C13H19N3OS/c18-13-15-11-6-2-1-5-10(11)12(16-13)14-8-9-4-3-7-17-9/h3-4,7,10-12,14H,1-2,5-6,8H2,(H2,15,16,18). The Morgan fingerprint density at radius 2 is 2.22 bits per heavy atom. The molecule has 1 aromatic heterocycles. The van der Waals surface area contributed by atoms with Crippen LogP contribution in [-0.4, -0.2) is 17.3 Å². The number of hydrogen-bond donors (Lipinski definition) is 3. The Balaban J connectivity index is 1.63. The van der Waals surface area contributed by atoms with Crippen molar-refractivity contribution >= 4 is 17.3 Å². The van der Waals surface area contributed by atoms with Gasteiger partial charge in [-0.3, -0.25) is 5.32 Å². The molecule has 2 fully saturated rings. The zero-order chi connectivity index (χ0) is 12.4. The molecule has 1 aliphatic carbocycles. The molecule has 98 valence electrons. The summed E-state index contributed by atoms with van der Waals surface area (Å²) >= 11 is 5.28. The lowest BCUT2D eigenvalue weighted by Crippen LogP contribution is -2.65. The van der Waals surface area contributed by atoms with E-state index in [2.05, 4.69) is 16.0 Å². The van der Waals surface area contributed by atoms with Gasteiger partial charge in [0.2, 0.25) is 0 Å². The van der Waals surface area contributed by atoms with Crippen LogP contribution in [0, 0.1) is 5.92 Å². The van der Waals surface area contributed by atoms with Gasteiger partial charge in [-0.15, -0.1) is 0 Å². The van der Waals surface area contributed by atoms with Crippen LogP contribution in [0.1, 0.15) is 31.4 Å². The predicted molar refractivity (Wildman–Crippen MR) is 74.0 cm³/mol. The second kappa shape index (κ2) is 5.28. The predicted octanol–water partition coefficient (Wildman–Crippen LogP) is 1.73. The molecule has 1 aromatic rings. The molecule has 0 aromatic carbocycles. The van der Waals surface area contributed by atoms with E-state index in [4.69, 9.17) is 16.6 Å². The smallest absolute Gasteiger partial charge is 0.167 e. The van der Waals surface area contributed by atoms with Gasteiger partial charge in [0.25, 0.3) is 0 Å². The minimum atomic E-state index is 0.258. The maximum atomic E-state index is 5.35. The van der Waals surface area contributed by atoms with Crippen LogP contribution < -0.4 is 16.0 Å². The number of fused-ring (bicyclic) bond motifs is 1. The molecule has 1 saturated heterocycles. The summed E-state index contributed by atoms with van der Waals surface area (Å²) < 4.78 is 5.35. The highest BCUT2D eigenvalue weighted by atomic mass is 32.1. The Labute approximate surface area is 113 Å². The van der Waals surface area contributed by atoms with Crippen LogP contribution in [0.2, 0.25) is 0 Å². The van der Waals surface area contributed by atoms with E-state index in [1.807, 2.05) is 12.1 Å². The lowest BCUT2D eigenvalue weighted by Gasteiger charge is -2.43. The highest BCUT2D eigenvalue weighted by molar-refractivity contribution is 7.80. The molecule has 18 heavy (non-hydrogen) atoms. The average Bonchev–Trinajstić information content (AvgIpc) is 2.89. The minimum absolute atomic E-state index is 0.258. The summed E-state index contributed by atoms with van der Waals surface area (Å²) in [6, 6.07) is 4.44. The first-order valence-corrected chi connectivity index (χ1v) is 7.06. The number of thiocarbonyl (C=S) groups is 1. The highest BCUT2D eigenvalue weighted by Crippen LogP contribution is 2.28. The zero-order valence-electron chi connectivity index (χ0n) is 10.3. The Morgan fingerprint density at radius 1 is 1.33 bits per heavy atom. The van der Waals surface area contributed by atoms with E-state index >= 15 is 0 Å². The van der Waals surface area contributed by atoms with Crippen LogP contribution in [0.15, 0.2) is 22.8 Å². The molecule has 2 heterocycles. The van der Waals surface area contributed by atoms with Crippen LogP contribution in [0.5, 0.6) is 0 Å². The molecule has 3 N–H and O–H groups in total. The Kier molecular flexibility index (Phi) is 3.52. The lowest BCUT2D eigenvalue weighted by molar-refractivity contribution is 0.186. The molecule has 5 heteroatoms. The second-order valence-corrected chi connectivity index (χ2v) is 5.52. The molecule has 1 aliphatic heterocycles. The van der Waals surface area contributed by atoms with Crippen molar-refractivity contribution in [2.24, 2.45) is 5.92 Å². The Hall–Kier alpha value is -1.07. The molecule has 0 bridgehead atoms. The summed E-state index contributed by atoms with van der Waals surface area (Å²) in [5, 5.41) is 11.0. The first-order valence-electron chi connectivity index (χ1n) is 6.66. The molecule has 0 spiro atoms. The zero-order valence-corrected chi connectivity index (χ0v) is 11.1. The number of nitrogens with one attached hydrogen (secondary N) is 3. The van der Waals surface area contributed by atoms with Gasteiger partial charge in [-0.25, -0.2) is 0 Å². The van der Waals surface area contributed by atoms with E-state index in [1.54, 1.807) is 6.26 Å². The quantitative estimate of drug-likeness (QED) is 0.727. The maximum Gasteiger partial charge on any atom is 0.167 e. The number of furan rings is 1. The molecule has 3 atom stereocenters. The highest BCUT2D eigenvalue weighted by Gasteiger charge is 2.36. The van der Waals surface area contributed by atoms with Crippen LogP contribution in [0.4, 0.5) is 0 Å². The van der Waals surface area contributed by atoms with E-state index in [-0.39, 0.29) is 6.17 Å². The molecule has 2 aliphatic rings. The lowest BCUT2D eigenvalue weighted by atomic mass is 9.81. The van der Waals surface area contributed by atoms with Crippen LogP contribution in [-0.2, 0) is 6.54 Å². The largest absolute Gasteiger partial charge is 0.468 e. The van der Waals surface area contributed by atoms with Gasteiger partial charge in [0, 0.05) is 12.0 Å². The van der Waals surface area contributed by atoms with Crippen molar-refractivity contribution in [2.45, 2.75) is 44.4 Å². The van der Waals surface area contributed by atoms with E-state index in [0.717, 1.165) is 17.4 Å². The SMILES string of the molecule is S=C1NC2CCCCC2C(NCc2ccco2)N1. The van der Waals surface area contributed by atoms with Gasteiger partial charge in [-0.1, -0.05) is 12.8 Å². The van der Waals surface area contributed by atoms with Crippen molar-refractivity contribution in [3.8, 4) is 0 Å². The summed E-state index contributed by atoms with van der Waals surface area (Å²) in [5.41, 5.74) is 0. The van der Waals surface area contributed by atoms with Gasteiger partial charge in [-0.05, 0) is 37.2 Å². The van der Waals surface area contributed by atoms with Crippen LogP contribution >= 0.6 is 12.2 Å². The Morgan fingerprint density at radius 3 is 3.06 bits per heavy atom. The van der Waals surface area contributed by atoms with Gasteiger partial charge in [-0.2, -0.15) is 0 Å². The minimum Gasteiger partial charge on any atom is -0.468 e. The van der Waals surface area contributed by atoms with Gasteiger partial charge < -0.3 is 15.1 Å². The number of hydrogen-bond acceptors (Lipinski definition) is 3. The Bertz CT molecular complexity index is 406. The maximum absolute atomic E-state index is 5.35. The average molecular weight is 265 g/mol. The summed E-state index contributed by atoms with van der Waals surface area (Å²) in [4.78, 5) is 0. The van der Waals surface area contributed by atoms with Gasteiger partial charge in [0.05, 0.1) is 19.0 Å². The van der Waals surface area contributed by atoms with Crippen molar-refractivity contribution in [2.75, 3.05) is 0 Å². The molecular weight excluding hydrogens is 246 g/mol. The molecule has 0 radical (unpaired) electrons. The van der Waals surface area contributed by atoms with Crippen molar-refractivity contribution in [1.29, 1.82) is 0 Å². The summed E-state index contributed by atoms with van der Waals surface area (Å²) in [5.74, 6) is 1.58. The first-order chi connectivity index (χ1) is 8.83. The molecule has 4 nitrogen and oxygen atoms in total. The van der Waals surface area contributed by atoms with Crippen molar-refractivity contribution < 1.29 is 4.42 Å². The van der Waals surface area contributed by atoms with Crippen molar-refractivity contribution in [1.82, 2.24) is 16.0 Å². The monoisotopic (exact) mass is 265 g/mol. The summed E-state index contributed by atoms with van der Waals surface area (Å²) in [7, 11) is 0. The topological polar surface area (TPSA) is 49.2 Å². The van der Waals surface area contributed by atoms with E-state index < -0.39 is 0 Å². The molecule has 3 rings (SSSR count). The summed E-state index contributed by atoms with van der Waals surface area (Å²) in [6.45, 7) is 0.747. The van der Waals surface area contributed by atoms with Crippen molar-refractivity contribution in [3.05, 3.63) is 24.2 Å². The third-order valence-electron chi connectivity index (χ3n) is 3.93. The normalized spacial score (nSPS) is 31.3. The number of rotatable bonds is 3. The fraction of sp³-hybridized carbons (Fsp3) is 0.615. The molecule has 0 amide bonds. The van der Waals surface area contributed by atoms with E-state index in [1.165, 1.54) is 25.7 Å². The fourth-order valence-electron chi connectivity index (χ4n) is 3.02. The first kappa shape index (κ1) is 12.0. The van der Waals surface area contributed by atoms with Crippen LogP contribution in [0.3, 0.4) is 0 Å². The third-order valence-corrected chi connectivity index (χ3v) is 4.16. The van der Waals surface area contributed by atoms with Gasteiger partial charge >= 0.3 is 0 Å². The fourth-order valence-corrected chi connectivity index (χ4v) is 3.30. The van der Waals surface area contributed by atoms with Crippen LogP contribution in [0.25, 0.3) is 0 Å². The third kappa shape index (κ3) is 2.52. The molecular formula is C13H19N3OS. The van der Waals surface area contributed by atoms with E-state index in [0.29, 0.717) is 12.0 Å². The van der Waals surface area contributed by atoms with Gasteiger partial charge in [0.1, 0.15) is 5.76 Å². The van der Waals surface area contributed by atoms with Crippen molar-refractivity contribution in [3.63, 3.8) is 0 Å².